The third-order valence-corrected chi connectivity index (χ3v) is 4.47. The molecule has 0 spiro atoms. The van der Waals surface area contributed by atoms with Crippen LogP contribution in [0.2, 0.25) is 0 Å². The largest absolute Gasteiger partial charge is 0.550 e. The summed E-state index contributed by atoms with van der Waals surface area (Å²) < 4.78 is 10.4. The van der Waals surface area contributed by atoms with Gasteiger partial charge in [0.05, 0.1) is 20.3 Å². The van der Waals surface area contributed by atoms with Gasteiger partial charge >= 0.3 is 0 Å². The van der Waals surface area contributed by atoms with E-state index >= 15 is 0 Å². The number of carbonyl (C=O) groups is 2. The molecule has 0 saturated heterocycles. The fourth-order valence-corrected chi connectivity index (χ4v) is 3.14. The van der Waals surface area contributed by atoms with E-state index in [1.807, 2.05) is 0 Å². The minimum atomic E-state index is -1.21. The normalized spacial score (nSPS) is 16.2. The number of carbonyl (C=O) groups excluding carboxylic acids is 2. The second kappa shape index (κ2) is 8.57. The number of hydrogen-bond donors (Lipinski definition) is 1. The van der Waals surface area contributed by atoms with Gasteiger partial charge in [-0.3, -0.25) is 4.79 Å². The SMILES string of the molecule is COc1ccc(C(CC(=O)[O-])NC(=O)C2CCCCC2)cc1OC. The number of methoxy groups -OCH3 is 2. The van der Waals surface area contributed by atoms with Crippen LogP contribution in [0.15, 0.2) is 18.2 Å². The molecule has 1 aromatic carbocycles. The van der Waals surface area contributed by atoms with E-state index in [-0.39, 0.29) is 18.2 Å². The Morgan fingerprint density at radius 3 is 2.42 bits per heavy atom. The number of rotatable bonds is 7. The van der Waals surface area contributed by atoms with Gasteiger partial charge in [0.15, 0.2) is 11.5 Å². The first-order valence-corrected chi connectivity index (χ1v) is 8.27. The van der Waals surface area contributed by atoms with Gasteiger partial charge in [0, 0.05) is 18.3 Å². The van der Waals surface area contributed by atoms with Crippen molar-refractivity contribution in [2.75, 3.05) is 14.2 Å². The molecule has 24 heavy (non-hydrogen) atoms. The smallest absolute Gasteiger partial charge is 0.223 e. The van der Waals surface area contributed by atoms with Crippen molar-refractivity contribution in [3.8, 4) is 11.5 Å². The zero-order chi connectivity index (χ0) is 17.5. The van der Waals surface area contributed by atoms with Crippen LogP contribution in [-0.4, -0.2) is 26.1 Å². The lowest BCUT2D eigenvalue weighted by atomic mass is 9.88. The minimum Gasteiger partial charge on any atom is -0.550 e. The average molecular weight is 334 g/mol. The number of ether oxygens (including phenoxy) is 2. The van der Waals surface area contributed by atoms with Crippen LogP contribution in [0, 0.1) is 5.92 Å². The first kappa shape index (κ1) is 18.1. The topological polar surface area (TPSA) is 87.7 Å². The summed E-state index contributed by atoms with van der Waals surface area (Å²) in [4.78, 5) is 23.6. The summed E-state index contributed by atoms with van der Waals surface area (Å²) in [6.07, 6.45) is 4.67. The van der Waals surface area contributed by atoms with Gasteiger partial charge in [0.25, 0.3) is 0 Å². The summed E-state index contributed by atoms with van der Waals surface area (Å²) in [5, 5.41) is 14.0. The molecule has 0 radical (unpaired) electrons. The summed E-state index contributed by atoms with van der Waals surface area (Å²) in [5.41, 5.74) is 0.654. The van der Waals surface area contributed by atoms with Gasteiger partial charge in [-0.2, -0.15) is 0 Å². The van der Waals surface area contributed by atoms with Crippen molar-refractivity contribution in [1.82, 2.24) is 5.32 Å². The number of benzene rings is 1. The van der Waals surface area contributed by atoms with E-state index in [1.54, 1.807) is 18.2 Å². The molecular formula is C18H24NO5-. The fraction of sp³-hybridized carbons (Fsp3) is 0.556. The van der Waals surface area contributed by atoms with E-state index < -0.39 is 12.0 Å². The summed E-state index contributed by atoms with van der Waals surface area (Å²) in [6, 6.07) is 4.47. The first-order chi connectivity index (χ1) is 11.5. The molecule has 2 rings (SSSR count). The molecule has 1 N–H and O–H groups in total. The summed E-state index contributed by atoms with van der Waals surface area (Å²) in [6.45, 7) is 0. The maximum Gasteiger partial charge on any atom is 0.223 e. The number of nitrogens with one attached hydrogen (secondary N) is 1. The van der Waals surface area contributed by atoms with Crippen LogP contribution in [0.25, 0.3) is 0 Å². The molecule has 6 heteroatoms. The number of carboxylic acid groups (broad SMARTS) is 1. The van der Waals surface area contributed by atoms with Gasteiger partial charge in [0.1, 0.15) is 0 Å². The van der Waals surface area contributed by atoms with Gasteiger partial charge in [-0.15, -0.1) is 0 Å². The second-order valence-electron chi connectivity index (χ2n) is 6.09. The number of hydrogen-bond acceptors (Lipinski definition) is 5. The number of carboxylic acids is 1. The van der Waals surface area contributed by atoms with Crippen LogP contribution < -0.4 is 19.9 Å². The molecule has 6 nitrogen and oxygen atoms in total. The maximum absolute atomic E-state index is 12.5. The zero-order valence-corrected chi connectivity index (χ0v) is 14.2. The summed E-state index contributed by atoms with van der Waals surface area (Å²) in [7, 11) is 3.04. The van der Waals surface area contributed by atoms with Crippen molar-refractivity contribution in [3.63, 3.8) is 0 Å². The Morgan fingerprint density at radius 2 is 1.83 bits per heavy atom. The van der Waals surface area contributed by atoms with Gasteiger partial charge in [0.2, 0.25) is 5.91 Å². The highest BCUT2D eigenvalue weighted by Gasteiger charge is 2.24. The molecule has 0 aliphatic heterocycles. The molecule has 0 heterocycles. The molecule has 1 aromatic rings. The Hall–Kier alpha value is -2.24. The minimum absolute atomic E-state index is 0.0388. The molecule has 0 bridgehead atoms. The predicted octanol–water partition coefficient (Wildman–Crippen LogP) is 1.58. The van der Waals surface area contributed by atoms with Gasteiger partial charge in [-0.25, -0.2) is 0 Å². The highest BCUT2D eigenvalue weighted by atomic mass is 16.5. The molecular weight excluding hydrogens is 310 g/mol. The van der Waals surface area contributed by atoms with E-state index in [9.17, 15) is 14.7 Å². The number of amides is 1. The second-order valence-corrected chi connectivity index (χ2v) is 6.09. The molecule has 1 unspecified atom stereocenters. The van der Waals surface area contributed by atoms with Crippen LogP contribution in [0.3, 0.4) is 0 Å². The van der Waals surface area contributed by atoms with Crippen molar-refractivity contribution in [3.05, 3.63) is 23.8 Å². The molecule has 1 amide bonds. The zero-order valence-electron chi connectivity index (χ0n) is 14.2. The van der Waals surface area contributed by atoms with E-state index in [1.165, 1.54) is 14.2 Å². The lowest BCUT2D eigenvalue weighted by Crippen LogP contribution is -2.38. The van der Waals surface area contributed by atoms with Crippen LogP contribution in [-0.2, 0) is 9.59 Å². The maximum atomic E-state index is 12.5. The third kappa shape index (κ3) is 4.63. The van der Waals surface area contributed by atoms with Crippen molar-refractivity contribution < 1.29 is 24.2 Å². The van der Waals surface area contributed by atoms with Crippen LogP contribution in [0.4, 0.5) is 0 Å². The van der Waals surface area contributed by atoms with E-state index in [2.05, 4.69) is 5.32 Å². The quantitative estimate of drug-likeness (QED) is 0.818. The Morgan fingerprint density at radius 1 is 1.17 bits per heavy atom. The molecule has 0 aromatic heterocycles. The van der Waals surface area contributed by atoms with Crippen LogP contribution >= 0.6 is 0 Å². The Labute approximate surface area is 142 Å². The van der Waals surface area contributed by atoms with E-state index in [0.717, 1.165) is 32.1 Å². The Bertz CT molecular complexity index is 581. The molecule has 1 atom stereocenters. The fourth-order valence-electron chi connectivity index (χ4n) is 3.14. The van der Waals surface area contributed by atoms with Crippen LogP contribution in [0.5, 0.6) is 11.5 Å². The Balaban J connectivity index is 2.18. The number of aliphatic carboxylic acids is 1. The first-order valence-electron chi connectivity index (χ1n) is 8.27. The highest BCUT2D eigenvalue weighted by Crippen LogP contribution is 2.31. The molecule has 1 fully saturated rings. The van der Waals surface area contributed by atoms with Crippen molar-refractivity contribution >= 4 is 11.9 Å². The lowest BCUT2D eigenvalue weighted by molar-refractivity contribution is -0.306. The van der Waals surface area contributed by atoms with E-state index in [0.29, 0.717) is 17.1 Å². The molecule has 1 aliphatic rings. The van der Waals surface area contributed by atoms with Gasteiger partial charge in [-0.05, 0) is 30.5 Å². The van der Waals surface area contributed by atoms with Crippen molar-refractivity contribution in [2.45, 2.75) is 44.6 Å². The molecule has 1 saturated carbocycles. The van der Waals surface area contributed by atoms with Gasteiger partial charge < -0.3 is 24.7 Å². The van der Waals surface area contributed by atoms with Crippen molar-refractivity contribution in [1.29, 1.82) is 0 Å². The molecule has 1 aliphatic carbocycles. The lowest BCUT2D eigenvalue weighted by Gasteiger charge is -2.26. The molecule has 132 valence electrons. The average Bonchev–Trinajstić information content (AvgIpc) is 2.60. The Kier molecular flexibility index (Phi) is 6.46. The monoisotopic (exact) mass is 334 g/mol. The summed E-state index contributed by atoms with van der Waals surface area (Å²) in [5.74, 6) is -0.296. The van der Waals surface area contributed by atoms with Gasteiger partial charge in [-0.1, -0.05) is 25.3 Å². The standard InChI is InChI=1S/C18H25NO5/c1-23-15-9-8-13(10-16(15)24-2)14(11-17(20)21)19-18(22)12-6-4-3-5-7-12/h8-10,12,14H,3-7,11H2,1-2H3,(H,19,22)(H,20,21)/p-1. The highest BCUT2D eigenvalue weighted by molar-refractivity contribution is 5.80. The van der Waals surface area contributed by atoms with E-state index in [4.69, 9.17) is 9.47 Å². The third-order valence-electron chi connectivity index (χ3n) is 4.47. The van der Waals surface area contributed by atoms with Crippen LogP contribution in [0.1, 0.15) is 50.1 Å². The summed E-state index contributed by atoms with van der Waals surface area (Å²) >= 11 is 0. The predicted molar refractivity (Wildman–Crippen MR) is 86.6 cm³/mol. The van der Waals surface area contributed by atoms with Crippen molar-refractivity contribution in [2.24, 2.45) is 5.92 Å².